The van der Waals surface area contributed by atoms with Crippen molar-refractivity contribution in [3.8, 4) is 6.07 Å². The Morgan fingerprint density at radius 1 is 1.00 bits per heavy atom. The molecule has 0 saturated heterocycles. The highest BCUT2D eigenvalue weighted by molar-refractivity contribution is 5.89. The van der Waals surface area contributed by atoms with Crippen LogP contribution in [-0.2, 0) is 0 Å². The smallest absolute Gasteiger partial charge is 0.0998 e. The third-order valence-corrected chi connectivity index (χ3v) is 3.12. The molecular formula is C18H17N. The van der Waals surface area contributed by atoms with E-state index in [1.807, 2.05) is 48.5 Å². The number of hydrogen-bond acceptors (Lipinski definition) is 1. The zero-order valence-electron chi connectivity index (χ0n) is 11.3. The topological polar surface area (TPSA) is 23.8 Å². The second-order valence-electron chi connectivity index (χ2n) is 4.86. The number of benzene rings is 2. The summed E-state index contributed by atoms with van der Waals surface area (Å²) in [5.41, 5.74) is 4.00. The van der Waals surface area contributed by atoms with E-state index >= 15 is 0 Å². The van der Waals surface area contributed by atoms with Crippen LogP contribution in [-0.4, -0.2) is 0 Å². The minimum atomic E-state index is 0.512. The van der Waals surface area contributed by atoms with E-state index in [2.05, 4.69) is 32.0 Å². The van der Waals surface area contributed by atoms with Crippen LogP contribution in [0.1, 0.15) is 36.5 Å². The van der Waals surface area contributed by atoms with Gasteiger partial charge >= 0.3 is 0 Å². The molecule has 2 aromatic carbocycles. The molecule has 0 radical (unpaired) electrons. The maximum absolute atomic E-state index is 9.30. The van der Waals surface area contributed by atoms with Gasteiger partial charge in [0.25, 0.3) is 0 Å². The molecule has 0 fully saturated rings. The molecule has 2 aromatic rings. The SMILES string of the molecule is CC(C)c1ccc(C(C#N)=Cc2ccccc2)cc1. The Labute approximate surface area is 114 Å². The molecule has 19 heavy (non-hydrogen) atoms. The molecule has 1 heteroatoms. The lowest BCUT2D eigenvalue weighted by Crippen LogP contribution is -1.88. The Bertz CT molecular complexity index is 598. The fourth-order valence-corrected chi connectivity index (χ4v) is 1.94. The van der Waals surface area contributed by atoms with Gasteiger partial charge < -0.3 is 0 Å². The van der Waals surface area contributed by atoms with Crippen molar-refractivity contribution in [1.29, 1.82) is 5.26 Å². The second kappa shape index (κ2) is 6.02. The molecule has 0 heterocycles. The van der Waals surface area contributed by atoms with Crippen LogP contribution in [0, 0.1) is 11.3 Å². The Kier molecular flexibility index (Phi) is 4.15. The highest BCUT2D eigenvalue weighted by Crippen LogP contribution is 2.21. The zero-order valence-corrected chi connectivity index (χ0v) is 11.3. The largest absolute Gasteiger partial charge is 0.192 e. The van der Waals surface area contributed by atoms with Crippen molar-refractivity contribution in [3.63, 3.8) is 0 Å². The van der Waals surface area contributed by atoms with Crippen LogP contribution in [0.25, 0.3) is 11.6 Å². The van der Waals surface area contributed by atoms with Gasteiger partial charge in [-0.25, -0.2) is 0 Å². The first-order valence-electron chi connectivity index (χ1n) is 6.48. The second-order valence-corrected chi connectivity index (χ2v) is 4.86. The molecule has 0 N–H and O–H groups in total. The molecule has 2 rings (SSSR count). The summed E-state index contributed by atoms with van der Waals surface area (Å²) in [6.07, 6.45) is 1.92. The molecule has 0 atom stereocenters. The molecule has 0 bridgehead atoms. The first-order valence-corrected chi connectivity index (χ1v) is 6.48. The molecule has 0 aliphatic rings. The summed E-state index contributed by atoms with van der Waals surface area (Å²) in [4.78, 5) is 0. The van der Waals surface area contributed by atoms with Crippen molar-refractivity contribution >= 4 is 11.6 Å². The maximum atomic E-state index is 9.30. The van der Waals surface area contributed by atoms with Gasteiger partial charge in [0.2, 0.25) is 0 Å². The Balaban J connectivity index is 2.33. The van der Waals surface area contributed by atoms with Gasteiger partial charge in [-0.1, -0.05) is 68.4 Å². The van der Waals surface area contributed by atoms with Crippen molar-refractivity contribution in [1.82, 2.24) is 0 Å². The van der Waals surface area contributed by atoms with E-state index in [-0.39, 0.29) is 0 Å². The van der Waals surface area contributed by atoms with Gasteiger partial charge in [0.15, 0.2) is 0 Å². The van der Waals surface area contributed by atoms with Gasteiger partial charge in [0.05, 0.1) is 11.6 Å². The van der Waals surface area contributed by atoms with Crippen molar-refractivity contribution in [3.05, 3.63) is 71.3 Å². The average molecular weight is 247 g/mol. The molecule has 0 aliphatic carbocycles. The van der Waals surface area contributed by atoms with Crippen LogP contribution in [0.5, 0.6) is 0 Å². The maximum Gasteiger partial charge on any atom is 0.0998 e. The monoisotopic (exact) mass is 247 g/mol. The lowest BCUT2D eigenvalue weighted by atomic mass is 9.98. The lowest BCUT2D eigenvalue weighted by molar-refractivity contribution is 0.866. The quantitative estimate of drug-likeness (QED) is 0.560. The number of rotatable bonds is 3. The Hall–Kier alpha value is -2.33. The lowest BCUT2D eigenvalue weighted by Gasteiger charge is -2.06. The minimum Gasteiger partial charge on any atom is -0.192 e. The van der Waals surface area contributed by atoms with Gasteiger partial charge in [0.1, 0.15) is 0 Å². The highest BCUT2D eigenvalue weighted by atomic mass is 14.2. The first kappa shape index (κ1) is 13.1. The summed E-state index contributed by atoms with van der Waals surface area (Å²) in [6.45, 7) is 4.33. The van der Waals surface area contributed by atoms with Gasteiger partial charge in [-0.2, -0.15) is 5.26 Å². The number of nitriles is 1. The highest BCUT2D eigenvalue weighted by Gasteiger charge is 2.03. The number of allylic oxidation sites excluding steroid dienone is 1. The van der Waals surface area contributed by atoms with Gasteiger partial charge in [0, 0.05) is 0 Å². The number of hydrogen-bond donors (Lipinski definition) is 0. The van der Waals surface area contributed by atoms with Crippen LogP contribution in [0.2, 0.25) is 0 Å². The van der Waals surface area contributed by atoms with Crippen LogP contribution >= 0.6 is 0 Å². The Morgan fingerprint density at radius 2 is 1.63 bits per heavy atom. The van der Waals surface area contributed by atoms with Crippen molar-refractivity contribution in [2.24, 2.45) is 0 Å². The van der Waals surface area contributed by atoms with E-state index in [0.717, 1.165) is 11.1 Å². The third kappa shape index (κ3) is 3.33. The van der Waals surface area contributed by atoms with Crippen LogP contribution < -0.4 is 0 Å². The average Bonchev–Trinajstić information content (AvgIpc) is 2.46. The van der Waals surface area contributed by atoms with E-state index in [9.17, 15) is 5.26 Å². The van der Waals surface area contributed by atoms with E-state index in [1.54, 1.807) is 0 Å². The Morgan fingerprint density at radius 3 is 2.16 bits per heavy atom. The summed E-state index contributed by atoms with van der Waals surface area (Å²) in [6, 6.07) is 20.4. The minimum absolute atomic E-state index is 0.512. The predicted octanol–water partition coefficient (Wildman–Crippen LogP) is 4.87. The molecule has 0 aliphatic heterocycles. The summed E-state index contributed by atoms with van der Waals surface area (Å²) in [5, 5.41) is 9.30. The van der Waals surface area contributed by atoms with Gasteiger partial charge in [-0.3, -0.25) is 0 Å². The molecule has 0 amide bonds. The van der Waals surface area contributed by atoms with E-state index in [1.165, 1.54) is 5.56 Å². The molecule has 0 saturated carbocycles. The summed E-state index contributed by atoms with van der Waals surface area (Å²) in [5.74, 6) is 0.512. The first-order chi connectivity index (χ1) is 9.20. The summed E-state index contributed by atoms with van der Waals surface area (Å²) in [7, 11) is 0. The molecular weight excluding hydrogens is 230 g/mol. The van der Waals surface area contributed by atoms with E-state index in [0.29, 0.717) is 11.5 Å². The van der Waals surface area contributed by atoms with Gasteiger partial charge in [-0.05, 0) is 28.7 Å². The van der Waals surface area contributed by atoms with Crippen LogP contribution in [0.3, 0.4) is 0 Å². The molecule has 0 unspecified atom stereocenters. The molecule has 0 aromatic heterocycles. The van der Waals surface area contributed by atoms with E-state index in [4.69, 9.17) is 0 Å². The van der Waals surface area contributed by atoms with Crippen molar-refractivity contribution in [2.75, 3.05) is 0 Å². The normalized spacial score (nSPS) is 11.4. The standard InChI is InChI=1S/C18H17N/c1-14(2)16-8-10-17(11-9-16)18(13-19)12-15-6-4-3-5-7-15/h3-12,14H,1-2H3. The van der Waals surface area contributed by atoms with Crippen molar-refractivity contribution in [2.45, 2.75) is 19.8 Å². The summed E-state index contributed by atoms with van der Waals surface area (Å²) < 4.78 is 0. The molecule has 94 valence electrons. The predicted molar refractivity (Wildman–Crippen MR) is 80.5 cm³/mol. The van der Waals surface area contributed by atoms with Gasteiger partial charge in [-0.15, -0.1) is 0 Å². The molecule has 0 spiro atoms. The fraction of sp³-hybridized carbons (Fsp3) is 0.167. The molecule has 1 nitrogen and oxygen atoms in total. The third-order valence-electron chi connectivity index (χ3n) is 3.12. The summed E-state index contributed by atoms with van der Waals surface area (Å²) >= 11 is 0. The zero-order chi connectivity index (χ0) is 13.7. The van der Waals surface area contributed by atoms with Crippen LogP contribution in [0.4, 0.5) is 0 Å². The number of nitrogens with zero attached hydrogens (tertiary/aromatic N) is 1. The van der Waals surface area contributed by atoms with Crippen molar-refractivity contribution < 1.29 is 0 Å². The fourth-order valence-electron chi connectivity index (χ4n) is 1.94. The van der Waals surface area contributed by atoms with Crippen LogP contribution in [0.15, 0.2) is 54.6 Å². The van der Waals surface area contributed by atoms with E-state index < -0.39 is 0 Å².